The number of carbonyl (C=O) groups is 1. The number of hydrogen-bond donors (Lipinski definition) is 0. The van der Waals surface area contributed by atoms with Crippen molar-refractivity contribution in [2.45, 2.75) is 53.4 Å². The first-order valence-electron chi connectivity index (χ1n) is 9.20. The average Bonchev–Trinajstić information content (AvgIpc) is 2.61. The van der Waals surface area contributed by atoms with Crippen LogP contribution >= 0.6 is 11.3 Å². The van der Waals surface area contributed by atoms with E-state index in [4.69, 9.17) is 0 Å². The van der Waals surface area contributed by atoms with Crippen LogP contribution in [0.2, 0.25) is 0 Å². The molecule has 3 aromatic rings. The Kier molecular flexibility index (Phi) is 6.71. The van der Waals surface area contributed by atoms with Crippen molar-refractivity contribution < 1.29 is 4.79 Å². The van der Waals surface area contributed by atoms with E-state index in [1.54, 1.807) is 11.3 Å². The smallest absolute Gasteiger partial charge is 0.195 e. The van der Waals surface area contributed by atoms with E-state index in [-0.39, 0.29) is 11.3 Å². The van der Waals surface area contributed by atoms with Gasteiger partial charge in [-0.15, -0.1) is 11.3 Å². The Balaban J connectivity index is 0.000000431. The topological polar surface area (TPSA) is 34.1 Å². The second kappa shape index (κ2) is 8.59. The number of rotatable bonds is 3. The molecule has 0 aliphatic rings. The summed E-state index contributed by atoms with van der Waals surface area (Å²) in [6.07, 6.45) is 0.917. The maximum absolute atomic E-state index is 12.8. The molecular formula is C23H28O2S. The van der Waals surface area contributed by atoms with Gasteiger partial charge in [-0.3, -0.25) is 4.79 Å². The normalized spacial score (nSPS) is 11.3. The highest BCUT2D eigenvalue weighted by Crippen LogP contribution is 2.34. The molecule has 0 atom stereocenters. The molecule has 0 unspecified atom stereocenters. The van der Waals surface area contributed by atoms with E-state index in [1.807, 2.05) is 38.1 Å². The second-order valence-electron chi connectivity index (χ2n) is 7.60. The van der Waals surface area contributed by atoms with E-state index in [2.05, 4.69) is 39.8 Å². The first-order chi connectivity index (χ1) is 12.3. The minimum Gasteiger partial charge on any atom is -0.303 e. The van der Waals surface area contributed by atoms with Crippen molar-refractivity contribution in [3.63, 3.8) is 0 Å². The van der Waals surface area contributed by atoms with Gasteiger partial charge in [-0.05, 0) is 41.2 Å². The lowest BCUT2D eigenvalue weighted by atomic mass is 9.93. The predicted octanol–water partition coefficient (Wildman–Crippen LogP) is 6.50. The molecule has 0 N–H and O–H groups in total. The van der Waals surface area contributed by atoms with Gasteiger partial charge in [0.05, 0.1) is 0 Å². The Bertz CT molecular complexity index is 965. The van der Waals surface area contributed by atoms with Crippen molar-refractivity contribution >= 4 is 37.8 Å². The Morgan fingerprint density at radius 1 is 0.885 bits per heavy atom. The molecule has 3 rings (SSSR count). The molecule has 26 heavy (non-hydrogen) atoms. The number of benzene rings is 2. The lowest BCUT2D eigenvalue weighted by Gasteiger charge is -2.15. The summed E-state index contributed by atoms with van der Waals surface area (Å²) in [5.41, 5.74) is 2.72. The van der Waals surface area contributed by atoms with Gasteiger partial charge >= 0.3 is 0 Å². The summed E-state index contributed by atoms with van der Waals surface area (Å²) in [5, 5.41) is 1.72. The fraction of sp³-hybridized carbons (Fsp3) is 0.391. The zero-order valence-electron chi connectivity index (χ0n) is 16.5. The van der Waals surface area contributed by atoms with Gasteiger partial charge in [-0.2, -0.15) is 0 Å². The third-order valence-corrected chi connectivity index (χ3v) is 5.52. The highest BCUT2D eigenvalue weighted by atomic mass is 32.1. The van der Waals surface area contributed by atoms with Gasteiger partial charge < -0.3 is 4.79 Å². The molecule has 1 aromatic heterocycles. The molecule has 0 radical (unpaired) electrons. The van der Waals surface area contributed by atoms with Gasteiger partial charge in [-0.25, -0.2) is 0 Å². The average molecular weight is 369 g/mol. The first kappa shape index (κ1) is 20.3. The standard InChI is InChI=1S/C19H20OS.C4H8O/c1-11(2)13-9-15(12(3)4)19-16(10-13)18(20)14-7-5-6-8-17(14)21-19;1-4(2)3-5/h5-12H,1-4H3;3-4H,1-2H3. The summed E-state index contributed by atoms with van der Waals surface area (Å²) in [4.78, 5) is 22.3. The fourth-order valence-electron chi connectivity index (χ4n) is 2.72. The molecule has 2 aromatic carbocycles. The third-order valence-electron chi connectivity index (χ3n) is 4.29. The number of hydrogen-bond acceptors (Lipinski definition) is 3. The van der Waals surface area contributed by atoms with Crippen LogP contribution < -0.4 is 5.43 Å². The van der Waals surface area contributed by atoms with Crippen LogP contribution in [0.15, 0.2) is 41.2 Å². The molecule has 0 saturated heterocycles. The highest BCUT2D eigenvalue weighted by molar-refractivity contribution is 7.24. The van der Waals surface area contributed by atoms with E-state index in [9.17, 15) is 9.59 Å². The number of fused-ring (bicyclic) bond motifs is 2. The maximum Gasteiger partial charge on any atom is 0.195 e. The zero-order chi connectivity index (χ0) is 19.4. The molecule has 3 heteroatoms. The molecular weight excluding hydrogens is 340 g/mol. The third kappa shape index (κ3) is 4.39. The van der Waals surface area contributed by atoms with Crippen LogP contribution in [0.3, 0.4) is 0 Å². The van der Waals surface area contributed by atoms with E-state index in [0.29, 0.717) is 11.8 Å². The molecule has 0 fully saturated rings. The minimum atomic E-state index is 0.170. The van der Waals surface area contributed by atoms with Gasteiger partial charge in [0.2, 0.25) is 0 Å². The molecule has 138 valence electrons. The quantitative estimate of drug-likeness (QED) is 0.390. The van der Waals surface area contributed by atoms with Crippen LogP contribution in [0.5, 0.6) is 0 Å². The SMILES string of the molecule is CC(C)C=O.CC(C)c1cc(C(C)C)c2sc3ccccc3c(=O)c2c1. The summed E-state index contributed by atoms with van der Waals surface area (Å²) in [5.74, 6) is 1.06. The molecule has 0 spiro atoms. The van der Waals surface area contributed by atoms with Crippen LogP contribution in [-0.4, -0.2) is 6.29 Å². The van der Waals surface area contributed by atoms with E-state index in [1.165, 1.54) is 11.1 Å². The Morgan fingerprint density at radius 2 is 1.50 bits per heavy atom. The predicted molar refractivity (Wildman–Crippen MR) is 115 cm³/mol. The number of carbonyl (C=O) groups excluding carboxylic acids is 1. The summed E-state index contributed by atoms with van der Waals surface area (Å²) in [7, 11) is 0. The van der Waals surface area contributed by atoms with Crippen molar-refractivity contribution in [1.82, 2.24) is 0 Å². The molecule has 0 aliphatic heterocycles. The molecule has 1 heterocycles. The van der Waals surface area contributed by atoms with E-state index < -0.39 is 0 Å². The fourth-order valence-corrected chi connectivity index (χ4v) is 4.03. The Morgan fingerprint density at radius 3 is 2.04 bits per heavy atom. The first-order valence-corrected chi connectivity index (χ1v) is 10.0. The summed E-state index contributed by atoms with van der Waals surface area (Å²) in [6.45, 7) is 12.5. The zero-order valence-corrected chi connectivity index (χ0v) is 17.3. The molecule has 0 saturated carbocycles. The van der Waals surface area contributed by atoms with Gasteiger partial charge in [0.1, 0.15) is 6.29 Å². The van der Waals surface area contributed by atoms with Crippen LogP contribution in [-0.2, 0) is 4.79 Å². The van der Waals surface area contributed by atoms with Gasteiger partial charge in [0.25, 0.3) is 0 Å². The highest BCUT2D eigenvalue weighted by Gasteiger charge is 2.14. The maximum atomic E-state index is 12.8. The van der Waals surface area contributed by atoms with Crippen molar-refractivity contribution in [1.29, 1.82) is 0 Å². The van der Waals surface area contributed by atoms with Crippen molar-refractivity contribution in [3.8, 4) is 0 Å². The van der Waals surface area contributed by atoms with Gasteiger partial charge in [-0.1, -0.05) is 59.7 Å². The minimum absolute atomic E-state index is 0.170. The van der Waals surface area contributed by atoms with Crippen LogP contribution in [0.1, 0.15) is 64.5 Å². The van der Waals surface area contributed by atoms with Crippen molar-refractivity contribution in [2.75, 3.05) is 0 Å². The lowest BCUT2D eigenvalue weighted by molar-refractivity contribution is -0.110. The number of aldehydes is 1. The molecule has 2 nitrogen and oxygen atoms in total. The largest absolute Gasteiger partial charge is 0.303 e. The van der Waals surface area contributed by atoms with Crippen LogP contribution in [0, 0.1) is 5.92 Å². The van der Waals surface area contributed by atoms with E-state index in [0.717, 1.165) is 26.5 Å². The van der Waals surface area contributed by atoms with Crippen LogP contribution in [0.25, 0.3) is 20.2 Å². The summed E-state index contributed by atoms with van der Waals surface area (Å²) < 4.78 is 2.23. The Hall–Kier alpha value is -2.00. The Labute approximate surface area is 159 Å². The van der Waals surface area contributed by atoms with E-state index >= 15 is 0 Å². The molecule has 0 amide bonds. The summed E-state index contributed by atoms with van der Waals surface area (Å²) >= 11 is 1.74. The van der Waals surface area contributed by atoms with Gasteiger partial charge in [0, 0.05) is 26.1 Å². The van der Waals surface area contributed by atoms with Crippen molar-refractivity contribution in [2.24, 2.45) is 5.92 Å². The second-order valence-corrected chi connectivity index (χ2v) is 8.66. The lowest BCUT2D eigenvalue weighted by Crippen LogP contribution is -2.04. The molecule has 0 aliphatic carbocycles. The summed E-state index contributed by atoms with van der Waals surface area (Å²) in [6, 6.07) is 12.3. The van der Waals surface area contributed by atoms with Gasteiger partial charge in [0.15, 0.2) is 5.43 Å². The monoisotopic (exact) mass is 368 g/mol. The van der Waals surface area contributed by atoms with Crippen molar-refractivity contribution in [3.05, 3.63) is 57.7 Å². The van der Waals surface area contributed by atoms with Crippen LogP contribution in [0.4, 0.5) is 0 Å². The molecule has 0 bridgehead atoms.